The van der Waals surface area contributed by atoms with E-state index in [0.29, 0.717) is 0 Å². The lowest BCUT2D eigenvalue weighted by molar-refractivity contribution is -0.149. The van der Waals surface area contributed by atoms with Gasteiger partial charge < -0.3 is 10.1 Å². The van der Waals surface area contributed by atoms with E-state index in [1.807, 2.05) is 0 Å². The summed E-state index contributed by atoms with van der Waals surface area (Å²) >= 11 is 0. The Balaban J connectivity index is 2.44. The van der Waals surface area contributed by atoms with Gasteiger partial charge in [-0.3, -0.25) is 14.6 Å². The first-order chi connectivity index (χ1) is 8.56. The minimum absolute atomic E-state index is 0.0174. The zero-order chi connectivity index (χ0) is 13.3. The summed E-state index contributed by atoms with van der Waals surface area (Å²) in [5.41, 5.74) is -0.321. The number of methoxy groups -OCH3 is 1. The second-order valence-corrected chi connectivity index (χ2v) is 3.87. The Morgan fingerprint density at radius 1 is 1.44 bits per heavy atom. The topological polar surface area (TPSA) is 68.3 Å². The number of carbonyl (C=O) groups is 2. The number of amides is 1. The Hall–Kier alpha value is -2.05. The number of hydrogen-bond acceptors (Lipinski definition) is 4. The summed E-state index contributed by atoms with van der Waals surface area (Å²) in [6.07, 6.45) is 1.69. The molecule has 2 heterocycles. The lowest BCUT2D eigenvalue weighted by Crippen LogP contribution is -2.28. The third-order valence-corrected chi connectivity index (χ3v) is 2.90. The lowest BCUT2D eigenvalue weighted by Gasteiger charge is -2.15. The molecule has 0 saturated carbocycles. The highest BCUT2D eigenvalue weighted by Crippen LogP contribution is 2.32. The van der Waals surface area contributed by atoms with Crippen LogP contribution in [0, 0.1) is 17.6 Å². The predicted molar refractivity (Wildman–Crippen MR) is 55.4 cm³/mol. The molecule has 2 unspecified atom stereocenters. The van der Waals surface area contributed by atoms with Crippen molar-refractivity contribution in [3.63, 3.8) is 0 Å². The van der Waals surface area contributed by atoms with E-state index in [1.54, 1.807) is 0 Å². The molecule has 96 valence electrons. The standard InChI is InChI=1S/C11H10F2N2O3/c1-18-11(17)9-5(2-15-10(9)16)8-6(12)3-14-4-7(8)13/h3-5,9H,2H2,1H3,(H,15,16). The van der Waals surface area contributed by atoms with Gasteiger partial charge in [0.2, 0.25) is 5.91 Å². The summed E-state index contributed by atoms with van der Waals surface area (Å²) in [4.78, 5) is 26.3. The lowest BCUT2D eigenvalue weighted by atomic mass is 9.88. The summed E-state index contributed by atoms with van der Waals surface area (Å²) in [6.45, 7) is -0.0174. The van der Waals surface area contributed by atoms with Crippen LogP contribution < -0.4 is 5.32 Å². The second kappa shape index (κ2) is 4.67. The van der Waals surface area contributed by atoms with Crippen molar-refractivity contribution < 1.29 is 23.1 Å². The Morgan fingerprint density at radius 3 is 2.61 bits per heavy atom. The average molecular weight is 256 g/mol. The molecule has 1 aromatic heterocycles. The van der Waals surface area contributed by atoms with Gasteiger partial charge in [-0.15, -0.1) is 0 Å². The van der Waals surface area contributed by atoms with E-state index in [0.717, 1.165) is 19.5 Å². The number of nitrogens with one attached hydrogen (secondary N) is 1. The van der Waals surface area contributed by atoms with Crippen molar-refractivity contribution in [2.75, 3.05) is 13.7 Å². The highest BCUT2D eigenvalue weighted by atomic mass is 19.1. The summed E-state index contributed by atoms with van der Waals surface area (Å²) in [7, 11) is 1.12. The van der Waals surface area contributed by atoms with E-state index in [2.05, 4.69) is 15.0 Å². The average Bonchev–Trinajstić information content (AvgIpc) is 2.70. The highest BCUT2D eigenvalue weighted by Gasteiger charge is 2.44. The molecule has 0 radical (unpaired) electrons. The van der Waals surface area contributed by atoms with Crippen LogP contribution >= 0.6 is 0 Å². The molecule has 0 spiro atoms. The number of rotatable bonds is 2. The van der Waals surface area contributed by atoms with Gasteiger partial charge in [0.05, 0.1) is 19.5 Å². The molecule has 1 fully saturated rings. The second-order valence-electron chi connectivity index (χ2n) is 3.87. The number of halogens is 2. The molecular weight excluding hydrogens is 246 g/mol. The fourth-order valence-corrected chi connectivity index (χ4v) is 2.06. The number of hydrogen-bond donors (Lipinski definition) is 1. The zero-order valence-electron chi connectivity index (χ0n) is 9.44. The van der Waals surface area contributed by atoms with E-state index in [1.165, 1.54) is 0 Å². The fraction of sp³-hybridized carbons (Fsp3) is 0.364. The van der Waals surface area contributed by atoms with Crippen LogP contribution in [0.5, 0.6) is 0 Å². The van der Waals surface area contributed by atoms with Gasteiger partial charge in [0.25, 0.3) is 0 Å². The maximum Gasteiger partial charge on any atom is 0.318 e. The quantitative estimate of drug-likeness (QED) is 0.613. The smallest absolute Gasteiger partial charge is 0.318 e. The van der Waals surface area contributed by atoms with Crippen LogP contribution in [0.25, 0.3) is 0 Å². The van der Waals surface area contributed by atoms with Crippen molar-refractivity contribution in [1.82, 2.24) is 10.3 Å². The van der Waals surface area contributed by atoms with Gasteiger partial charge in [-0.2, -0.15) is 0 Å². The number of esters is 1. The van der Waals surface area contributed by atoms with Gasteiger partial charge in [0.15, 0.2) is 0 Å². The van der Waals surface area contributed by atoms with Gasteiger partial charge in [0.1, 0.15) is 17.6 Å². The summed E-state index contributed by atoms with van der Waals surface area (Å²) in [5.74, 6) is -5.33. The third-order valence-electron chi connectivity index (χ3n) is 2.90. The first-order valence-electron chi connectivity index (χ1n) is 5.20. The van der Waals surface area contributed by atoms with Crippen molar-refractivity contribution >= 4 is 11.9 Å². The van der Waals surface area contributed by atoms with Crippen molar-refractivity contribution in [1.29, 1.82) is 0 Å². The van der Waals surface area contributed by atoms with Crippen LogP contribution in [0.3, 0.4) is 0 Å². The molecule has 1 amide bonds. The van der Waals surface area contributed by atoms with E-state index in [9.17, 15) is 18.4 Å². The molecule has 0 aromatic carbocycles. The maximum absolute atomic E-state index is 13.6. The molecule has 1 aliphatic heterocycles. The Morgan fingerprint density at radius 2 is 2.06 bits per heavy atom. The number of nitrogens with zero attached hydrogens (tertiary/aromatic N) is 1. The first-order valence-corrected chi connectivity index (χ1v) is 5.20. The number of pyridine rings is 1. The van der Waals surface area contributed by atoms with E-state index in [4.69, 9.17) is 0 Å². The Labute approximate surface area is 101 Å². The summed E-state index contributed by atoms with van der Waals surface area (Å²) in [5, 5.41) is 2.39. The summed E-state index contributed by atoms with van der Waals surface area (Å²) < 4.78 is 31.6. The molecular formula is C11H10F2N2O3. The molecule has 18 heavy (non-hydrogen) atoms. The number of aromatic nitrogens is 1. The molecule has 5 nitrogen and oxygen atoms in total. The van der Waals surface area contributed by atoms with Crippen molar-refractivity contribution in [3.05, 3.63) is 29.6 Å². The van der Waals surface area contributed by atoms with Crippen molar-refractivity contribution in [2.24, 2.45) is 5.92 Å². The maximum atomic E-state index is 13.6. The summed E-state index contributed by atoms with van der Waals surface area (Å²) in [6, 6.07) is 0. The van der Waals surface area contributed by atoms with Gasteiger partial charge in [0, 0.05) is 18.0 Å². The largest absolute Gasteiger partial charge is 0.468 e. The third kappa shape index (κ3) is 1.92. The molecule has 1 saturated heterocycles. The van der Waals surface area contributed by atoms with Gasteiger partial charge in [-0.05, 0) is 0 Å². The van der Waals surface area contributed by atoms with Crippen LogP contribution in [0.2, 0.25) is 0 Å². The van der Waals surface area contributed by atoms with E-state index < -0.39 is 35.3 Å². The normalized spacial score (nSPS) is 22.7. The van der Waals surface area contributed by atoms with Crippen LogP contribution in [0.1, 0.15) is 11.5 Å². The van der Waals surface area contributed by atoms with Crippen LogP contribution in [0.4, 0.5) is 8.78 Å². The molecule has 7 heteroatoms. The van der Waals surface area contributed by atoms with Crippen molar-refractivity contribution in [2.45, 2.75) is 5.92 Å². The predicted octanol–water partition coefficient (Wildman–Crippen LogP) is 0.362. The van der Waals surface area contributed by atoms with E-state index in [-0.39, 0.29) is 12.1 Å². The van der Waals surface area contributed by atoms with Gasteiger partial charge in [-0.25, -0.2) is 8.78 Å². The van der Waals surface area contributed by atoms with Crippen LogP contribution in [-0.4, -0.2) is 30.5 Å². The molecule has 1 aliphatic rings. The Kier molecular flexibility index (Phi) is 3.22. The SMILES string of the molecule is COC(=O)C1C(=O)NCC1c1c(F)cncc1F. The minimum atomic E-state index is -1.23. The van der Waals surface area contributed by atoms with Crippen molar-refractivity contribution in [3.8, 4) is 0 Å². The van der Waals surface area contributed by atoms with E-state index >= 15 is 0 Å². The number of carbonyl (C=O) groups excluding carboxylic acids is 2. The van der Waals surface area contributed by atoms with Crippen LogP contribution in [0.15, 0.2) is 12.4 Å². The monoisotopic (exact) mass is 256 g/mol. The molecule has 1 N–H and O–H groups in total. The van der Waals surface area contributed by atoms with Gasteiger partial charge in [-0.1, -0.05) is 0 Å². The molecule has 0 bridgehead atoms. The number of ether oxygens (including phenoxy) is 1. The molecule has 2 rings (SSSR count). The highest BCUT2D eigenvalue weighted by molar-refractivity contribution is 6.00. The fourth-order valence-electron chi connectivity index (χ4n) is 2.06. The Bertz CT molecular complexity index is 487. The molecule has 1 aromatic rings. The minimum Gasteiger partial charge on any atom is -0.468 e. The molecule has 0 aliphatic carbocycles. The first kappa shape index (κ1) is 12.4. The zero-order valence-corrected chi connectivity index (χ0v) is 9.44. The molecule has 2 atom stereocenters. The van der Waals surface area contributed by atoms with Crippen LogP contribution in [-0.2, 0) is 14.3 Å². The van der Waals surface area contributed by atoms with Gasteiger partial charge >= 0.3 is 5.97 Å².